The second kappa shape index (κ2) is 6.45. The van der Waals surface area contributed by atoms with E-state index in [0.29, 0.717) is 18.0 Å². The van der Waals surface area contributed by atoms with Gasteiger partial charge in [-0.25, -0.2) is 13.4 Å². The Labute approximate surface area is 124 Å². The molecule has 0 aliphatic carbocycles. The highest BCUT2D eigenvalue weighted by Crippen LogP contribution is 2.19. The number of rotatable bonds is 6. The molecule has 1 aromatic heterocycles. The number of nitrogens with two attached hydrogens (primary N) is 1. The van der Waals surface area contributed by atoms with E-state index in [-0.39, 0.29) is 10.7 Å². The smallest absolute Gasteiger partial charge is 0.263 e. The Morgan fingerprint density at radius 2 is 1.90 bits per heavy atom. The van der Waals surface area contributed by atoms with Crippen LogP contribution in [0.5, 0.6) is 5.75 Å². The Balaban J connectivity index is 2.11. The Bertz CT molecular complexity index is 682. The minimum atomic E-state index is -3.67. The first-order chi connectivity index (χ1) is 10.0. The molecule has 0 spiro atoms. The third-order valence-corrected chi connectivity index (χ3v) is 4.02. The summed E-state index contributed by atoms with van der Waals surface area (Å²) in [5.41, 5.74) is 5.89. The molecule has 7 heteroatoms. The van der Waals surface area contributed by atoms with Gasteiger partial charge in [-0.1, -0.05) is 6.92 Å². The van der Waals surface area contributed by atoms with Gasteiger partial charge < -0.3 is 10.5 Å². The van der Waals surface area contributed by atoms with E-state index in [4.69, 9.17) is 10.5 Å². The van der Waals surface area contributed by atoms with Crippen molar-refractivity contribution in [2.75, 3.05) is 17.1 Å². The van der Waals surface area contributed by atoms with Crippen LogP contribution in [0.4, 0.5) is 11.5 Å². The van der Waals surface area contributed by atoms with Gasteiger partial charge in [0.05, 0.1) is 6.61 Å². The fourth-order valence-electron chi connectivity index (χ4n) is 1.60. The molecule has 1 heterocycles. The minimum Gasteiger partial charge on any atom is -0.494 e. The zero-order chi connectivity index (χ0) is 15.3. The monoisotopic (exact) mass is 307 g/mol. The highest BCUT2D eigenvalue weighted by molar-refractivity contribution is 7.92. The molecular weight excluding hydrogens is 290 g/mol. The number of ether oxygens (including phenoxy) is 1. The molecule has 0 atom stereocenters. The van der Waals surface area contributed by atoms with Crippen LogP contribution in [0.25, 0.3) is 0 Å². The first-order valence-corrected chi connectivity index (χ1v) is 7.97. The van der Waals surface area contributed by atoms with Crippen LogP contribution in [0.2, 0.25) is 0 Å². The van der Waals surface area contributed by atoms with Crippen molar-refractivity contribution in [1.82, 2.24) is 4.98 Å². The lowest BCUT2D eigenvalue weighted by molar-refractivity contribution is 0.317. The third-order valence-electron chi connectivity index (χ3n) is 2.65. The quantitative estimate of drug-likeness (QED) is 0.853. The molecule has 112 valence electrons. The molecule has 0 saturated heterocycles. The Hall–Kier alpha value is -2.28. The highest BCUT2D eigenvalue weighted by Gasteiger charge is 2.14. The summed E-state index contributed by atoms with van der Waals surface area (Å²) in [6, 6.07) is 9.57. The van der Waals surface area contributed by atoms with Gasteiger partial charge in [-0.15, -0.1) is 0 Å². The minimum absolute atomic E-state index is 0.0583. The summed E-state index contributed by atoms with van der Waals surface area (Å²) in [5, 5.41) is 0. The van der Waals surface area contributed by atoms with Crippen LogP contribution in [0.1, 0.15) is 13.3 Å². The molecule has 0 fully saturated rings. The van der Waals surface area contributed by atoms with Crippen LogP contribution in [0, 0.1) is 0 Å². The van der Waals surface area contributed by atoms with E-state index in [2.05, 4.69) is 9.71 Å². The van der Waals surface area contributed by atoms with Gasteiger partial charge in [0.15, 0.2) is 0 Å². The fourth-order valence-corrected chi connectivity index (χ4v) is 2.61. The number of aromatic nitrogens is 1. The molecular formula is C14H17N3O3S. The maximum Gasteiger partial charge on any atom is 0.263 e. The number of benzene rings is 1. The number of anilines is 2. The average molecular weight is 307 g/mol. The lowest BCUT2D eigenvalue weighted by atomic mass is 10.3. The number of sulfonamides is 1. The molecule has 6 nitrogen and oxygen atoms in total. The van der Waals surface area contributed by atoms with E-state index in [1.165, 1.54) is 18.3 Å². The fraction of sp³-hybridized carbons (Fsp3) is 0.214. The number of nitrogen functional groups attached to an aromatic ring is 1. The van der Waals surface area contributed by atoms with Crippen LogP contribution in [0.15, 0.2) is 47.5 Å². The van der Waals surface area contributed by atoms with Crippen molar-refractivity contribution in [2.24, 2.45) is 0 Å². The van der Waals surface area contributed by atoms with Crippen molar-refractivity contribution in [3.63, 3.8) is 0 Å². The lowest BCUT2D eigenvalue weighted by Gasteiger charge is -2.09. The van der Waals surface area contributed by atoms with Crippen molar-refractivity contribution in [1.29, 1.82) is 0 Å². The number of hydrogen-bond acceptors (Lipinski definition) is 5. The summed E-state index contributed by atoms with van der Waals surface area (Å²) in [5.74, 6) is 0.973. The molecule has 0 unspecified atom stereocenters. The Morgan fingerprint density at radius 3 is 2.48 bits per heavy atom. The molecule has 0 aliphatic heterocycles. The SMILES string of the molecule is CCCOc1ccc(NS(=O)(=O)c2ccc(N)nc2)cc1. The van der Waals surface area contributed by atoms with E-state index >= 15 is 0 Å². The van der Waals surface area contributed by atoms with E-state index in [9.17, 15) is 8.42 Å². The Kier molecular flexibility index (Phi) is 4.64. The van der Waals surface area contributed by atoms with Gasteiger partial charge in [-0.05, 0) is 42.8 Å². The molecule has 0 saturated carbocycles. The summed E-state index contributed by atoms with van der Waals surface area (Å²) < 4.78 is 32.2. The van der Waals surface area contributed by atoms with Gasteiger partial charge in [0, 0.05) is 11.9 Å². The van der Waals surface area contributed by atoms with Gasteiger partial charge in [0.25, 0.3) is 10.0 Å². The summed E-state index contributed by atoms with van der Waals surface area (Å²) in [4.78, 5) is 3.83. The van der Waals surface area contributed by atoms with E-state index in [1.54, 1.807) is 24.3 Å². The van der Waals surface area contributed by atoms with Crippen molar-refractivity contribution >= 4 is 21.5 Å². The van der Waals surface area contributed by atoms with Gasteiger partial charge in [0.2, 0.25) is 0 Å². The number of nitrogens with zero attached hydrogens (tertiary/aromatic N) is 1. The van der Waals surface area contributed by atoms with Gasteiger partial charge in [-0.2, -0.15) is 0 Å². The maximum absolute atomic E-state index is 12.1. The van der Waals surface area contributed by atoms with Crippen LogP contribution >= 0.6 is 0 Å². The zero-order valence-corrected chi connectivity index (χ0v) is 12.4. The number of pyridine rings is 1. The van der Waals surface area contributed by atoms with Gasteiger partial charge in [-0.3, -0.25) is 4.72 Å². The molecule has 1 aromatic carbocycles. The molecule has 0 amide bonds. The van der Waals surface area contributed by atoms with Crippen LogP contribution in [0.3, 0.4) is 0 Å². The van der Waals surface area contributed by atoms with E-state index in [0.717, 1.165) is 6.42 Å². The number of nitrogens with one attached hydrogen (secondary N) is 1. The maximum atomic E-state index is 12.1. The molecule has 2 rings (SSSR count). The van der Waals surface area contributed by atoms with Crippen LogP contribution in [-0.4, -0.2) is 20.0 Å². The molecule has 2 aromatic rings. The van der Waals surface area contributed by atoms with Crippen molar-refractivity contribution in [2.45, 2.75) is 18.2 Å². The summed E-state index contributed by atoms with van der Waals surface area (Å²) in [6.07, 6.45) is 2.13. The predicted molar refractivity (Wildman–Crippen MR) is 81.7 cm³/mol. The average Bonchev–Trinajstić information content (AvgIpc) is 2.47. The van der Waals surface area contributed by atoms with E-state index < -0.39 is 10.0 Å². The van der Waals surface area contributed by atoms with E-state index in [1.807, 2.05) is 6.92 Å². The first kappa shape index (κ1) is 15.1. The molecule has 21 heavy (non-hydrogen) atoms. The molecule has 0 aliphatic rings. The van der Waals surface area contributed by atoms with Crippen LogP contribution < -0.4 is 15.2 Å². The van der Waals surface area contributed by atoms with Crippen molar-refractivity contribution in [3.05, 3.63) is 42.6 Å². The first-order valence-electron chi connectivity index (χ1n) is 6.48. The molecule has 0 bridgehead atoms. The number of hydrogen-bond donors (Lipinski definition) is 2. The summed E-state index contributed by atoms with van der Waals surface area (Å²) >= 11 is 0. The largest absolute Gasteiger partial charge is 0.494 e. The Morgan fingerprint density at radius 1 is 1.19 bits per heavy atom. The predicted octanol–water partition coefficient (Wildman–Crippen LogP) is 2.25. The standard InChI is InChI=1S/C14H17N3O3S/c1-2-9-20-12-5-3-11(4-6-12)17-21(18,19)13-7-8-14(15)16-10-13/h3-8,10,17H,2,9H2,1H3,(H2,15,16). The lowest BCUT2D eigenvalue weighted by Crippen LogP contribution is -2.13. The second-order valence-electron chi connectivity index (χ2n) is 4.40. The summed E-state index contributed by atoms with van der Waals surface area (Å²) in [6.45, 7) is 2.64. The third kappa shape index (κ3) is 4.09. The molecule has 3 N–H and O–H groups in total. The summed E-state index contributed by atoms with van der Waals surface area (Å²) in [7, 11) is -3.67. The van der Waals surface area contributed by atoms with Gasteiger partial charge in [0.1, 0.15) is 16.5 Å². The van der Waals surface area contributed by atoms with Crippen molar-refractivity contribution in [3.8, 4) is 5.75 Å². The second-order valence-corrected chi connectivity index (χ2v) is 6.08. The molecule has 0 radical (unpaired) electrons. The normalized spacial score (nSPS) is 11.1. The zero-order valence-electron chi connectivity index (χ0n) is 11.6. The van der Waals surface area contributed by atoms with Gasteiger partial charge >= 0.3 is 0 Å². The van der Waals surface area contributed by atoms with Crippen LogP contribution in [-0.2, 0) is 10.0 Å². The highest BCUT2D eigenvalue weighted by atomic mass is 32.2. The van der Waals surface area contributed by atoms with Crippen molar-refractivity contribution < 1.29 is 13.2 Å². The topological polar surface area (TPSA) is 94.3 Å².